The van der Waals surface area contributed by atoms with Crippen molar-refractivity contribution in [1.29, 1.82) is 0 Å². The van der Waals surface area contributed by atoms with Crippen molar-refractivity contribution in [2.24, 2.45) is 16.3 Å². The SMILES string of the molecule is Cc1ncsc1-c1ccc(C(C)NC(=O)[C@@H]2C[C@@H](O)CN2C(=O)C(NC(=O)c2cc3cc(OC4CC(NC(=O)C5CCN(c6ccc(C7=N[C@@H](CC(=O)O)c8nnc(C)n8-c8sc(C)c(C)c87)cc6)CC5)C4)ccc3o2)C(C)(C)C)cc1. The maximum atomic E-state index is 14.4. The average molecular weight is 1150 g/mol. The van der Waals surface area contributed by atoms with Crippen molar-refractivity contribution in [1.82, 2.24) is 40.6 Å². The molecule has 1 aliphatic carbocycles. The van der Waals surface area contributed by atoms with E-state index in [0.29, 0.717) is 54.1 Å². The van der Waals surface area contributed by atoms with Gasteiger partial charge in [0, 0.05) is 77.9 Å². The second kappa shape index (κ2) is 22.5. The molecule has 3 fully saturated rings. The van der Waals surface area contributed by atoms with Crippen LogP contribution in [-0.2, 0) is 19.2 Å². The number of anilines is 1. The van der Waals surface area contributed by atoms with Gasteiger partial charge >= 0.3 is 5.97 Å². The van der Waals surface area contributed by atoms with Gasteiger partial charge in [0.2, 0.25) is 17.7 Å². The number of aryl methyl sites for hydroxylation is 3. The Labute approximate surface area is 483 Å². The van der Waals surface area contributed by atoms with Gasteiger partial charge in [-0.05, 0) is 106 Å². The summed E-state index contributed by atoms with van der Waals surface area (Å²) in [5.41, 5.74) is 9.10. The fourth-order valence-corrected chi connectivity index (χ4v) is 13.7. The number of aromatic nitrogens is 4. The quantitative estimate of drug-likeness (QED) is 0.0645. The molecule has 428 valence electrons. The summed E-state index contributed by atoms with van der Waals surface area (Å²) in [4.78, 5) is 83.0. The molecular formula is C61H68N10O9S2. The van der Waals surface area contributed by atoms with E-state index in [0.717, 1.165) is 72.8 Å². The van der Waals surface area contributed by atoms with Crippen LogP contribution < -0.4 is 25.6 Å². The first-order chi connectivity index (χ1) is 39.2. The maximum absolute atomic E-state index is 14.4. The number of fused-ring (bicyclic) bond motifs is 4. The summed E-state index contributed by atoms with van der Waals surface area (Å²) in [7, 11) is 0. The number of benzene rings is 3. The number of nitrogens with one attached hydrogen (secondary N) is 3. The topological polar surface area (TPSA) is 247 Å². The Kier molecular flexibility index (Phi) is 15.4. The summed E-state index contributed by atoms with van der Waals surface area (Å²) in [6.45, 7) is 16.7. The smallest absolute Gasteiger partial charge is 0.306 e. The van der Waals surface area contributed by atoms with Crippen molar-refractivity contribution in [3.8, 4) is 21.2 Å². The van der Waals surface area contributed by atoms with Gasteiger partial charge in [-0.2, -0.15) is 0 Å². The number of aliphatic hydroxyl groups is 1. The van der Waals surface area contributed by atoms with Gasteiger partial charge in [0.1, 0.15) is 46.4 Å². The molecule has 2 unspecified atom stereocenters. The normalized spacial score (nSPS) is 20.7. The zero-order valence-corrected chi connectivity index (χ0v) is 48.8. The van der Waals surface area contributed by atoms with E-state index < -0.39 is 53.3 Å². The number of hydrogen-bond donors (Lipinski definition) is 5. The van der Waals surface area contributed by atoms with E-state index >= 15 is 0 Å². The molecule has 0 bridgehead atoms. The van der Waals surface area contributed by atoms with E-state index in [1.165, 1.54) is 4.90 Å². The third kappa shape index (κ3) is 11.3. The predicted octanol–water partition coefficient (Wildman–Crippen LogP) is 8.73. The molecule has 5 atom stereocenters. The van der Waals surface area contributed by atoms with Crippen LogP contribution in [0.15, 0.2) is 87.7 Å². The number of aliphatic imine (C=N–C) groups is 1. The summed E-state index contributed by atoms with van der Waals surface area (Å²) in [5.74, 6) is -0.682. The van der Waals surface area contributed by atoms with Crippen LogP contribution in [0.3, 0.4) is 0 Å². The van der Waals surface area contributed by atoms with Crippen molar-refractivity contribution in [3.05, 3.63) is 129 Å². The molecule has 3 aromatic carbocycles. The number of thiophene rings is 1. The fourth-order valence-electron chi connectivity index (χ4n) is 11.6. The molecule has 4 amide bonds. The number of furan rings is 1. The van der Waals surface area contributed by atoms with Gasteiger partial charge in [0.05, 0.1) is 40.4 Å². The number of aliphatic hydroxyl groups excluding tert-OH is 1. The lowest BCUT2D eigenvalue weighted by molar-refractivity contribution is -0.142. The summed E-state index contributed by atoms with van der Waals surface area (Å²) in [5, 5.41) is 40.1. The van der Waals surface area contributed by atoms with Crippen LogP contribution in [0.4, 0.5) is 5.69 Å². The highest BCUT2D eigenvalue weighted by atomic mass is 32.1. The van der Waals surface area contributed by atoms with Gasteiger partial charge in [-0.15, -0.1) is 32.9 Å². The molecular weight excluding hydrogens is 1080 g/mol. The van der Waals surface area contributed by atoms with Crippen LogP contribution in [0.5, 0.6) is 5.75 Å². The predicted molar refractivity (Wildman–Crippen MR) is 313 cm³/mol. The minimum absolute atomic E-state index is 0.00530. The second-order valence-corrected chi connectivity index (χ2v) is 25.4. The molecule has 11 rings (SSSR count). The molecule has 7 aromatic rings. The number of aliphatic carboxylic acids is 1. The first-order valence-corrected chi connectivity index (χ1v) is 29.7. The zero-order valence-electron chi connectivity index (χ0n) is 47.2. The van der Waals surface area contributed by atoms with Crippen molar-refractivity contribution in [2.45, 2.75) is 136 Å². The number of likely N-dealkylation sites (tertiary alicyclic amines) is 1. The zero-order chi connectivity index (χ0) is 57.9. The Hall–Kier alpha value is -7.75. The first kappa shape index (κ1) is 56.1. The highest BCUT2D eigenvalue weighted by Crippen LogP contribution is 2.41. The lowest BCUT2D eigenvalue weighted by Gasteiger charge is -2.38. The van der Waals surface area contributed by atoms with Crippen LogP contribution in [0.2, 0.25) is 0 Å². The number of piperidine rings is 1. The van der Waals surface area contributed by atoms with E-state index in [1.807, 2.05) is 88.0 Å². The largest absolute Gasteiger partial charge is 0.490 e. The molecule has 4 aliphatic rings. The minimum Gasteiger partial charge on any atom is -0.490 e. The maximum Gasteiger partial charge on any atom is 0.306 e. The highest BCUT2D eigenvalue weighted by Gasteiger charge is 2.45. The Morgan fingerprint density at radius 2 is 1.60 bits per heavy atom. The number of carbonyl (C=O) groups is 5. The van der Waals surface area contributed by atoms with Gasteiger partial charge < -0.3 is 45.1 Å². The molecule has 2 saturated heterocycles. The summed E-state index contributed by atoms with van der Waals surface area (Å²) in [6, 6.07) is 20.0. The number of amides is 4. The monoisotopic (exact) mass is 1150 g/mol. The Balaban J connectivity index is 0.655. The molecule has 0 radical (unpaired) electrons. The van der Waals surface area contributed by atoms with E-state index in [2.05, 4.69) is 62.0 Å². The number of hydrogen-bond acceptors (Lipinski definition) is 15. The van der Waals surface area contributed by atoms with Crippen molar-refractivity contribution >= 4 is 74.6 Å². The number of carboxylic acid groups (broad SMARTS) is 1. The van der Waals surface area contributed by atoms with Gasteiger partial charge in [0.15, 0.2) is 11.6 Å². The number of ether oxygens (including phenoxy) is 1. The number of β-amino-alcohol motifs (C(OH)–C–C–N with tert-alkyl or cyclic N) is 1. The number of rotatable bonds is 15. The Morgan fingerprint density at radius 1 is 0.878 bits per heavy atom. The summed E-state index contributed by atoms with van der Waals surface area (Å²) in [6.07, 6.45) is 1.56. The average Bonchev–Trinajstić information content (AvgIpc) is 3.14. The molecule has 21 heteroatoms. The first-order valence-electron chi connectivity index (χ1n) is 28.0. The van der Waals surface area contributed by atoms with Gasteiger partial charge in [-0.1, -0.05) is 57.2 Å². The van der Waals surface area contributed by atoms with Crippen molar-refractivity contribution in [2.75, 3.05) is 24.5 Å². The van der Waals surface area contributed by atoms with Crippen LogP contribution in [-0.4, -0.2) is 120 Å². The van der Waals surface area contributed by atoms with Crippen LogP contribution in [0.1, 0.15) is 133 Å². The second-order valence-electron chi connectivity index (χ2n) is 23.3. The van der Waals surface area contributed by atoms with Crippen molar-refractivity contribution < 1.29 is 43.3 Å². The van der Waals surface area contributed by atoms with Crippen molar-refractivity contribution in [3.63, 3.8) is 0 Å². The van der Waals surface area contributed by atoms with E-state index in [-0.39, 0.29) is 55.2 Å². The molecule has 4 aromatic heterocycles. The number of carbonyl (C=O) groups excluding carboxylic acids is 4. The Bertz CT molecular complexity index is 3620. The number of thiazole rings is 1. The fraction of sp³-hybridized carbons (Fsp3) is 0.426. The molecule has 0 spiro atoms. The standard InChI is InChI=1S/C61H68N10O9S2/c1-31-34(4)82-60-51(31)52(65-46(28-50(73)74)55-68-67-35(5)71(55)60)37-13-15-42(16-14-37)69-21-19-39(20-22-69)56(75)64-41-25-45(26-41)79-44-17-18-48-40(23-44)24-49(80-48)58(77)66-54(61(6,7)8)59(78)70-29-43(72)27-47(70)57(76)63-32(2)36-9-11-38(12-10-36)53-33(3)62-30-81-53/h9-18,23-24,30,32,39,41,43,45-47,54,72H,19-22,25-29H2,1-8H3,(H,63,76)(H,64,75)(H,66,77)(H,73,74)/t32?,41?,43-,45?,46+,47+,54?/m1/s1. The van der Waals surface area contributed by atoms with E-state index in [9.17, 15) is 34.2 Å². The van der Waals surface area contributed by atoms with Crippen LogP contribution in [0.25, 0.3) is 26.4 Å². The third-order valence-corrected chi connectivity index (χ3v) is 18.6. The summed E-state index contributed by atoms with van der Waals surface area (Å²) >= 11 is 3.20. The molecule has 7 heterocycles. The minimum atomic E-state index is -1.06. The number of carboxylic acids is 1. The Morgan fingerprint density at radius 3 is 2.28 bits per heavy atom. The summed E-state index contributed by atoms with van der Waals surface area (Å²) < 4.78 is 14.3. The lowest BCUT2D eigenvalue weighted by atomic mass is 9.85. The van der Waals surface area contributed by atoms with E-state index in [1.54, 1.807) is 46.9 Å². The highest BCUT2D eigenvalue weighted by molar-refractivity contribution is 7.15. The lowest BCUT2D eigenvalue weighted by Crippen LogP contribution is -2.57. The molecule has 1 saturated carbocycles. The molecule has 19 nitrogen and oxygen atoms in total. The molecule has 3 aliphatic heterocycles. The van der Waals surface area contributed by atoms with Gasteiger partial charge in [-0.3, -0.25) is 33.5 Å². The molecule has 82 heavy (non-hydrogen) atoms. The molecule has 5 N–H and O–H groups in total. The van der Waals surface area contributed by atoms with E-state index in [4.69, 9.17) is 14.1 Å². The third-order valence-electron chi connectivity index (χ3n) is 16.5. The van der Waals surface area contributed by atoms with Gasteiger partial charge in [-0.25, -0.2) is 4.98 Å². The van der Waals surface area contributed by atoms with Crippen LogP contribution in [0, 0.1) is 39.0 Å². The number of nitrogens with zero attached hydrogens (tertiary/aromatic N) is 7. The van der Waals surface area contributed by atoms with Crippen LogP contribution >= 0.6 is 22.7 Å². The van der Waals surface area contributed by atoms with Gasteiger partial charge in [0.25, 0.3) is 5.91 Å².